The Morgan fingerprint density at radius 3 is 2.10 bits per heavy atom. The van der Waals surface area contributed by atoms with Crippen LogP contribution in [0.3, 0.4) is 0 Å². The fourth-order valence-electron chi connectivity index (χ4n) is 2.76. The standard InChI is InChI=1S/C20H12F6O4/c1-10-2-3-15-12(7-17(27)30-16(15)4-10)9-29-18(28)11-5-13(19(21,22)23)8-14(6-11)20(24,25)26/h2-8H,9H2,1H3. The molecule has 0 aliphatic rings. The Morgan fingerprint density at radius 1 is 0.933 bits per heavy atom. The fraction of sp³-hybridized carbons (Fsp3) is 0.200. The molecule has 0 fully saturated rings. The second-order valence-electron chi connectivity index (χ2n) is 6.46. The van der Waals surface area contributed by atoms with Crippen molar-refractivity contribution < 1.29 is 40.3 Å². The number of carbonyl (C=O) groups is 1. The van der Waals surface area contributed by atoms with Crippen molar-refractivity contribution in [3.05, 3.63) is 80.7 Å². The van der Waals surface area contributed by atoms with Gasteiger partial charge in [0, 0.05) is 17.0 Å². The molecule has 3 aromatic rings. The first-order valence-corrected chi connectivity index (χ1v) is 8.34. The second kappa shape index (κ2) is 7.51. The third kappa shape index (κ3) is 4.64. The molecule has 0 aliphatic carbocycles. The van der Waals surface area contributed by atoms with Crippen molar-refractivity contribution in [2.24, 2.45) is 0 Å². The van der Waals surface area contributed by atoms with Gasteiger partial charge in [0.05, 0.1) is 16.7 Å². The number of esters is 1. The van der Waals surface area contributed by atoms with E-state index in [1.807, 2.05) is 0 Å². The van der Waals surface area contributed by atoms with Gasteiger partial charge in [-0.05, 0) is 36.8 Å². The lowest BCUT2D eigenvalue weighted by molar-refractivity contribution is -0.143. The molecule has 10 heteroatoms. The van der Waals surface area contributed by atoms with Crippen molar-refractivity contribution >= 4 is 16.9 Å². The highest BCUT2D eigenvalue weighted by Gasteiger charge is 2.37. The summed E-state index contributed by atoms with van der Waals surface area (Å²) in [5.74, 6) is -1.40. The molecule has 0 radical (unpaired) electrons. The number of hydrogen-bond acceptors (Lipinski definition) is 4. The van der Waals surface area contributed by atoms with Gasteiger partial charge in [-0.3, -0.25) is 0 Å². The van der Waals surface area contributed by atoms with Crippen LogP contribution in [0.15, 0.2) is 51.7 Å². The van der Waals surface area contributed by atoms with Crippen molar-refractivity contribution in [2.75, 3.05) is 0 Å². The van der Waals surface area contributed by atoms with Crippen LogP contribution in [0, 0.1) is 6.92 Å². The molecule has 0 atom stereocenters. The van der Waals surface area contributed by atoms with Crippen molar-refractivity contribution in [2.45, 2.75) is 25.9 Å². The number of ether oxygens (including phenoxy) is 1. The van der Waals surface area contributed by atoms with Crippen LogP contribution in [0.1, 0.15) is 32.6 Å². The maximum absolute atomic E-state index is 12.9. The molecule has 0 spiro atoms. The Balaban J connectivity index is 1.94. The predicted molar refractivity (Wildman–Crippen MR) is 92.8 cm³/mol. The summed E-state index contributed by atoms with van der Waals surface area (Å²) in [6, 6.07) is 6.33. The van der Waals surface area contributed by atoms with Crippen LogP contribution in [0.25, 0.3) is 11.0 Å². The first kappa shape index (κ1) is 21.4. The third-order valence-corrected chi connectivity index (χ3v) is 4.17. The van der Waals surface area contributed by atoms with Crippen LogP contribution in [0.4, 0.5) is 26.3 Å². The molecule has 0 N–H and O–H groups in total. The molecule has 0 saturated heterocycles. The molecule has 4 nitrogen and oxygen atoms in total. The molecule has 1 aromatic heterocycles. The Morgan fingerprint density at radius 2 is 1.53 bits per heavy atom. The first-order chi connectivity index (χ1) is 13.8. The van der Waals surface area contributed by atoms with Gasteiger partial charge >= 0.3 is 23.9 Å². The normalized spacial score (nSPS) is 12.2. The molecule has 1 heterocycles. The lowest BCUT2D eigenvalue weighted by Crippen LogP contribution is -2.15. The molecular formula is C20H12F6O4. The van der Waals surface area contributed by atoms with Gasteiger partial charge in [0.1, 0.15) is 12.2 Å². The number of rotatable bonds is 3. The summed E-state index contributed by atoms with van der Waals surface area (Å²) in [5.41, 5.74) is -3.76. The van der Waals surface area contributed by atoms with Crippen LogP contribution < -0.4 is 5.63 Å². The second-order valence-corrected chi connectivity index (χ2v) is 6.46. The number of carbonyl (C=O) groups excluding carboxylic acids is 1. The van der Waals surface area contributed by atoms with Gasteiger partial charge < -0.3 is 9.15 Å². The van der Waals surface area contributed by atoms with Crippen molar-refractivity contribution in [3.8, 4) is 0 Å². The van der Waals surface area contributed by atoms with Gasteiger partial charge in [0.2, 0.25) is 0 Å². The topological polar surface area (TPSA) is 56.5 Å². The Kier molecular flexibility index (Phi) is 5.36. The summed E-state index contributed by atoms with van der Waals surface area (Å²) in [6.45, 7) is 1.19. The fourth-order valence-corrected chi connectivity index (χ4v) is 2.76. The van der Waals surface area contributed by atoms with Gasteiger partial charge in [-0.1, -0.05) is 12.1 Å². The lowest BCUT2D eigenvalue weighted by Gasteiger charge is -2.14. The molecule has 158 valence electrons. The highest BCUT2D eigenvalue weighted by Crippen LogP contribution is 2.36. The van der Waals surface area contributed by atoms with E-state index in [0.717, 1.165) is 11.6 Å². The molecule has 30 heavy (non-hydrogen) atoms. The third-order valence-electron chi connectivity index (χ3n) is 4.17. The highest BCUT2D eigenvalue weighted by molar-refractivity contribution is 5.90. The van der Waals surface area contributed by atoms with Crippen molar-refractivity contribution in [1.29, 1.82) is 0 Å². The summed E-state index contributed by atoms with van der Waals surface area (Å²) in [4.78, 5) is 23.9. The maximum atomic E-state index is 12.9. The summed E-state index contributed by atoms with van der Waals surface area (Å²) < 4.78 is 87.5. The monoisotopic (exact) mass is 430 g/mol. The van der Waals surface area contributed by atoms with Crippen LogP contribution in [0.2, 0.25) is 0 Å². The number of aryl methyl sites for hydroxylation is 1. The molecule has 0 saturated carbocycles. The minimum absolute atomic E-state index is 0.0883. The van der Waals surface area contributed by atoms with E-state index in [1.165, 1.54) is 0 Å². The van der Waals surface area contributed by atoms with Gasteiger partial charge in [-0.15, -0.1) is 0 Å². The number of alkyl halides is 6. The van der Waals surface area contributed by atoms with E-state index >= 15 is 0 Å². The smallest absolute Gasteiger partial charge is 0.416 e. The maximum Gasteiger partial charge on any atom is 0.416 e. The Labute approximate surface area is 164 Å². The average molecular weight is 430 g/mol. The Hall–Kier alpha value is -3.30. The molecule has 0 amide bonds. The van der Waals surface area contributed by atoms with Crippen molar-refractivity contribution in [3.63, 3.8) is 0 Å². The lowest BCUT2D eigenvalue weighted by atomic mass is 10.0. The zero-order valence-corrected chi connectivity index (χ0v) is 15.1. The van der Waals surface area contributed by atoms with Gasteiger partial charge in [-0.25, -0.2) is 9.59 Å². The molecule has 2 aromatic carbocycles. The quantitative estimate of drug-likeness (QED) is 0.313. The molecule has 0 aliphatic heterocycles. The van der Waals surface area contributed by atoms with Crippen LogP contribution in [0.5, 0.6) is 0 Å². The number of benzene rings is 2. The van der Waals surface area contributed by atoms with Crippen LogP contribution >= 0.6 is 0 Å². The molecule has 0 unspecified atom stereocenters. The zero-order chi connectivity index (χ0) is 22.3. The number of halogens is 6. The SMILES string of the molecule is Cc1ccc2c(COC(=O)c3cc(C(F)(F)F)cc(C(F)(F)F)c3)cc(=O)oc2c1. The minimum Gasteiger partial charge on any atom is -0.457 e. The summed E-state index contributed by atoms with van der Waals surface area (Å²) in [7, 11) is 0. The van der Waals surface area contributed by atoms with Gasteiger partial charge in [-0.2, -0.15) is 26.3 Å². The van der Waals surface area contributed by atoms with E-state index in [-0.39, 0.29) is 29.3 Å². The Bertz CT molecular complexity index is 1140. The summed E-state index contributed by atoms with van der Waals surface area (Å²) in [5, 5.41) is 0.410. The van der Waals surface area contributed by atoms with E-state index in [0.29, 0.717) is 5.39 Å². The van der Waals surface area contributed by atoms with Crippen LogP contribution in [-0.4, -0.2) is 5.97 Å². The largest absolute Gasteiger partial charge is 0.457 e. The zero-order valence-electron chi connectivity index (χ0n) is 15.1. The number of fused-ring (bicyclic) bond motifs is 1. The van der Waals surface area contributed by atoms with E-state index in [1.54, 1.807) is 25.1 Å². The van der Waals surface area contributed by atoms with Crippen LogP contribution in [-0.2, 0) is 23.7 Å². The molecule has 3 rings (SSSR count). The predicted octanol–water partition coefficient (Wildman–Crippen LogP) is 5.50. The van der Waals surface area contributed by atoms with E-state index in [4.69, 9.17) is 9.15 Å². The van der Waals surface area contributed by atoms with E-state index < -0.39 is 47.2 Å². The van der Waals surface area contributed by atoms with Gasteiger partial charge in [0.15, 0.2) is 0 Å². The molecular weight excluding hydrogens is 418 g/mol. The highest BCUT2D eigenvalue weighted by atomic mass is 19.4. The van der Waals surface area contributed by atoms with Crippen molar-refractivity contribution in [1.82, 2.24) is 0 Å². The summed E-state index contributed by atoms with van der Waals surface area (Å²) in [6.07, 6.45) is -10.2. The van der Waals surface area contributed by atoms with E-state index in [9.17, 15) is 35.9 Å². The summed E-state index contributed by atoms with van der Waals surface area (Å²) >= 11 is 0. The minimum atomic E-state index is -5.09. The molecule has 0 bridgehead atoms. The van der Waals surface area contributed by atoms with Gasteiger partial charge in [0.25, 0.3) is 0 Å². The first-order valence-electron chi connectivity index (χ1n) is 8.34. The average Bonchev–Trinajstić information content (AvgIpc) is 2.63. The number of hydrogen-bond donors (Lipinski definition) is 0. The van der Waals surface area contributed by atoms with E-state index in [2.05, 4.69) is 0 Å².